The largest absolute Gasteiger partial charge is 0.342 e. The Hall–Kier alpha value is -2.50. The van der Waals surface area contributed by atoms with Crippen LogP contribution in [0.1, 0.15) is 54.3 Å². The van der Waals surface area contributed by atoms with Crippen molar-refractivity contribution in [1.29, 1.82) is 0 Å². The van der Waals surface area contributed by atoms with Gasteiger partial charge in [-0.15, -0.1) is 11.3 Å². The molecule has 5 heteroatoms. The van der Waals surface area contributed by atoms with Crippen LogP contribution in [0.5, 0.6) is 0 Å². The minimum atomic E-state index is -0.205. The Morgan fingerprint density at radius 2 is 1.73 bits per heavy atom. The van der Waals surface area contributed by atoms with Gasteiger partial charge in [0.15, 0.2) is 0 Å². The fraction of sp³-hybridized carbons (Fsp3) is 0.360. The zero-order valence-corrected chi connectivity index (χ0v) is 18.1. The van der Waals surface area contributed by atoms with Crippen LogP contribution in [0.4, 0.5) is 0 Å². The van der Waals surface area contributed by atoms with E-state index in [0.717, 1.165) is 17.1 Å². The highest BCUT2D eigenvalue weighted by Gasteiger charge is 2.25. The van der Waals surface area contributed by atoms with E-state index in [1.54, 1.807) is 17.5 Å². The second-order valence-corrected chi connectivity index (χ2v) is 8.89. The SMILES string of the molecule is O=C(CN(Cc1ccccc1)C1CCCCC1)NC(c1ccccc1)c1nccs1. The van der Waals surface area contributed by atoms with Crippen LogP contribution >= 0.6 is 11.3 Å². The third kappa shape index (κ3) is 5.55. The van der Waals surface area contributed by atoms with Gasteiger partial charge in [0.05, 0.1) is 6.54 Å². The molecule has 1 aromatic heterocycles. The highest BCUT2D eigenvalue weighted by molar-refractivity contribution is 7.09. The predicted molar refractivity (Wildman–Crippen MR) is 122 cm³/mol. The fourth-order valence-electron chi connectivity index (χ4n) is 4.28. The van der Waals surface area contributed by atoms with Gasteiger partial charge in [-0.3, -0.25) is 9.69 Å². The number of hydrogen-bond acceptors (Lipinski definition) is 4. The highest BCUT2D eigenvalue weighted by atomic mass is 32.1. The lowest BCUT2D eigenvalue weighted by molar-refractivity contribution is -0.123. The number of benzene rings is 2. The lowest BCUT2D eigenvalue weighted by Crippen LogP contribution is -2.44. The molecule has 1 aliphatic carbocycles. The number of nitrogens with one attached hydrogen (secondary N) is 1. The average molecular weight is 420 g/mol. The summed E-state index contributed by atoms with van der Waals surface area (Å²) in [6.45, 7) is 1.22. The van der Waals surface area contributed by atoms with Crippen molar-refractivity contribution in [3.63, 3.8) is 0 Å². The van der Waals surface area contributed by atoms with Gasteiger partial charge in [0.1, 0.15) is 11.0 Å². The summed E-state index contributed by atoms with van der Waals surface area (Å²) in [5.41, 5.74) is 2.32. The number of carbonyl (C=O) groups is 1. The van der Waals surface area contributed by atoms with E-state index in [9.17, 15) is 4.79 Å². The summed E-state index contributed by atoms with van der Waals surface area (Å²) < 4.78 is 0. The maximum atomic E-state index is 13.2. The first-order chi connectivity index (χ1) is 14.8. The monoisotopic (exact) mass is 419 g/mol. The second-order valence-electron chi connectivity index (χ2n) is 7.96. The Labute approximate surface area is 183 Å². The van der Waals surface area contributed by atoms with Crippen molar-refractivity contribution in [2.75, 3.05) is 6.54 Å². The number of carbonyl (C=O) groups excluding carboxylic acids is 1. The van der Waals surface area contributed by atoms with E-state index >= 15 is 0 Å². The van der Waals surface area contributed by atoms with Gasteiger partial charge >= 0.3 is 0 Å². The molecule has 30 heavy (non-hydrogen) atoms. The maximum absolute atomic E-state index is 13.2. The van der Waals surface area contributed by atoms with E-state index in [-0.39, 0.29) is 11.9 Å². The van der Waals surface area contributed by atoms with E-state index in [1.165, 1.54) is 37.7 Å². The minimum Gasteiger partial charge on any atom is -0.342 e. The van der Waals surface area contributed by atoms with Gasteiger partial charge in [-0.1, -0.05) is 79.9 Å². The molecule has 0 radical (unpaired) electrons. The van der Waals surface area contributed by atoms with Crippen molar-refractivity contribution >= 4 is 17.2 Å². The van der Waals surface area contributed by atoms with Crippen molar-refractivity contribution in [3.8, 4) is 0 Å². The number of aromatic nitrogens is 1. The Balaban J connectivity index is 1.49. The first kappa shape index (κ1) is 20.8. The van der Waals surface area contributed by atoms with E-state index in [2.05, 4.69) is 51.6 Å². The molecule has 0 bridgehead atoms. The van der Waals surface area contributed by atoms with Crippen molar-refractivity contribution in [2.24, 2.45) is 0 Å². The number of nitrogens with zero attached hydrogens (tertiary/aromatic N) is 2. The zero-order valence-electron chi connectivity index (χ0n) is 17.2. The highest BCUT2D eigenvalue weighted by Crippen LogP contribution is 2.26. The Morgan fingerprint density at radius 3 is 2.40 bits per heavy atom. The normalized spacial score (nSPS) is 15.8. The molecule has 1 saturated carbocycles. The molecule has 4 rings (SSSR count). The number of thiazole rings is 1. The number of amides is 1. The summed E-state index contributed by atoms with van der Waals surface area (Å²) in [5, 5.41) is 6.14. The summed E-state index contributed by atoms with van der Waals surface area (Å²) >= 11 is 1.58. The lowest BCUT2D eigenvalue weighted by atomic mass is 9.93. The van der Waals surface area contributed by atoms with Crippen molar-refractivity contribution in [2.45, 2.75) is 50.7 Å². The first-order valence-electron chi connectivity index (χ1n) is 10.8. The van der Waals surface area contributed by atoms with Gasteiger partial charge in [0, 0.05) is 24.2 Å². The van der Waals surface area contributed by atoms with Gasteiger partial charge in [-0.05, 0) is 24.0 Å². The molecule has 1 fully saturated rings. The summed E-state index contributed by atoms with van der Waals surface area (Å²) in [6.07, 6.45) is 7.96. The quantitative estimate of drug-likeness (QED) is 0.547. The second kappa shape index (κ2) is 10.5. The van der Waals surface area contributed by atoms with Crippen molar-refractivity contribution in [3.05, 3.63) is 88.4 Å². The summed E-state index contributed by atoms with van der Waals surface area (Å²) in [4.78, 5) is 20.0. The molecule has 0 saturated heterocycles. The molecule has 156 valence electrons. The van der Waals surface area contributed by atoms with Gasteiger partial charge in [0.2, 0.25) is 5.91 Å². The molecule has 1 aliphatic rings. The zero-order chi connectivity index (χ0) is 20.6. The van der Waals surface area contributed by atoms with Crippen LogP contribution in [-0.4, -0.2) is 28.4 Å². The Bertz CT molecular complexity index is 893. The van der Waals surface area contributed by atoms with E-state index in [1.807, 2.05) is 29.6 Å². The third-order valence-electron chi connectivity index (χ3n) is 5.80. The van der Waals surface area contributed by atoms with Gasteiger partial charge in [-0.2, -0.15) is 0 Å². The minimum absolute atomic E-state index is 0.0561. The summed E-state index contributed by atoms with van der Waals surface area (Å²) in [6, 6.07) is 20.9. The Morgan fingerprint density at radius 1 is 1.03 bits per heavy atom. The molecule has 2 aromatic carbocycles. The maximum Gasteiger partial charge on any atom is 0.235 e. The molecule has 0 aliphatic heterocycles. The average Bonchev–Trinajstić information content (AvgIpc) is 3.34. The standard InChI is InChI=1S/C25H29N3OS/c29-23(27-24(25-26-16-17-30-25)21-12-6-2-7-13-21)19-28(22-14-8-3-9-15-22)18-20-10-4-1-5-11-20/h1-2,4-7,10-13,16-17,22,24H,3,8-9,14-15,18-19H2,(H,27,29). The lowest BCUT2D eigenvalue weighted by Gasteiger charge is -2.34. The summed E-state index contributed by atoms with van der Waals surface area (Å²) in [5.74, 6) is 0.0561. The number of rotatable bonds is 8. The van der Waals surface area contributed by atoms with E-state index in [4.69, 9.17) is 0 Å². The van der Waals surface area contributed by atoms with Crippen LogP contribution in [0.3, 0.4) is 0 Å². The smallest absolute Gasteiger partial charge is 0.235 e. The van der Waals surface area contributed by atoms with Crippen molar-refractivity contribution in [1.82, 2.24) is 15.2 Å². The summed E-state index contributed by atoms with van der Waals surface area (Å²) in [7, 11) is 0. The molecule has 3 aromatic rings. The van der Waals surface area contributed by atoms with E-state index < -0.39 is 0 Å². The molecule has 1 amide bonds. The Kier molecular flexibility index (Phi) is 7.27. The first-order valence-corrected chi connectivity index (χ1v) is 11.7. The molecule has 0 spiro atoms. The van der Waals surface area contributed by atoms with Gasteiger partial charge in [-0.25, -0.2) is 4.98 Å². The predicted octanol–water partition coefficient (Wildman–Crippen LogP) is 5.18. The van der Waals surface area contributed by atoms with Crippen LogP contribution in [0.25, 0.3) is 0 Å². The van der Waals surface area contributed by atoms with Gasteiger partial charge < -0.3 is 5.32 Å². The van der Waals surface area contributed by atoms with Crippen LogP contribution in [-0.2, 0) is 11.3 Å². The topological polar surface area (TPSA) is 45.2 Å². The van der Waals surface area contributed by atoms with E-state index in [0.29, 0.717) is 12.6 Å². The fourth-order valence-corrected chi connectivity index (χ4v) is 4.99. The van der Waals surface area contributed by atoms with Crippen LogP contribution < -0.4 is 5.32 Å². The molecule has 1 heterocycles. The molecule has 1 N–H and O–H groups in total. The molecular formula is C25H29N3OS. The number of hydrogen-bond donors (Lipinski definition) is 1. The molecular weight excluding hydrogens is 390 g/mol. The third-order valence-corrected chi connectivity index (χ3v) is 6.64. The van der Waals surface area contributed by atoms with Crippen LogP contribution in [0.2, 0.25) is 0 Å². The van der Waals surface area contributed by atoms with Crippen LogP contribution in [0, 0.1) is 0 Å². The van der Waals surface area contributed by atoms with Gasteiger partial charge in [0.25, 0.3) is 0 Å². The molecule has 4 nitrogen and oxygen atoms in total. The molecule has 1 atom stereocenters. The van der Waals surface area contributed by atoms with Crippen LogP contribution in [0.15, 0.2) is 72.2 Å². The molecule has 1 unspecified atom stereocenters. The van der Waals surface area contributed by atoms with Crippen molar-refractivity contribution < 1.29 is 4.79 Å².